The molecular weight excluding hydrogens is 668 g/mol. The zero-order valence-corrected chi connectivity index (χ0v) is 32.3. The van der Waals surface area contributed by atoms with Crippen molar-refractivity contribution in [1.82, 2.24) is 9.80 Å². The molecule has 0 N–H and O–H groups in total. The van der Waals surface area contributed by atoms with E-state index in [-0.39, 0.29) is 40.0 Å². The van der Waals surface area contributed by atoms with E-state index in [4.69, 9.17) is 4.74 Å². The number of nitrogens with zero attached hydrogens (tertiary/aromatic N) is 2. The molecule has 1 saturated carbocycles. The van der Waals surface area contributed by atoms with Crippen LogP contribution in [0.3, 0.4) is 0 Å². The Hall–Kier alpha value is -5.28. The van der Waals surface area contributed by atoms with Gasteiger partial charge in [0.15, 0.2) is 5.78 Å². The third-order valence-electron chi connectivity index (χ3n) is 10.8. The first-order valence-corrected chi connectivity index (χ1v) is 18.0. The number of hydrogen-bond acceptors (Lipinski definition) is 7. The highest BCUT2D eigenvalue weighted by molar-refractivity contribution is 6.23. The fourth-order valence-electron chi connectivity index (χ4n) is 8.76. The lowest BCUT2D eigenvalue weighted by atomic mass is 9.63. The molecule has 53 heavy (non-hydrogen) atoms. The molecule has 2 amide bonds. The average molecular weight is 717 g/mol. The van der Waals surface area contributed by atoms with Crippen LogP contribution >= 0.6 is 0 Å². The van der Waals surface area contributed by atoms with E-state index in [1.807, 2.05) is 52.0 Å². The van der Waals surface area contributed by atoms with E-state index in [1.54, 1.807) is 23.6 Å². The molecule has 9 heteroatoms. The Bertz CT molecular complexity index is 2040. The van der Waals surface area contributed by atoms with Gasteiger partial charge in [-0.2, -0.15) is 0 Å². The van der Waals surface area contributed by atoms with E-state index in [9.17, 15) is 28.8 Å². The summed E-state index contributed by atoms with van der Waals surface area (Å²) in [5, 5.41) is 0. The molecule has 2 heterocycles. The van der Waals surface area contributed by atoms with Crippen LogP contribution < -0.4 is 0 Å². The van der Waals surface area contributed by atoms with Crippen LogP contribution in [0.2, 0.25) is 0 Å². The normalized spacial score (nSPS) is 18.5. The smallest absolute Gasteiger partial charge is 0.307 e. The zero-order valence-electron chi connectivity index (χ0n) is 32.3. The largest absolute Gasteiger partial charge is 0.430 e. The fraction of sp³-hybridized carbons (Fsp3) is 0.455. The molecule has 0 bridgehead atoms. The molecule has 0 aromatic heterocycles. The summed E-state index contributed by atoms with van der Waals surface area (Å²) in [6.07, 6.45) is 1.59. The van der Waals surface area contributed by atoms with Gasteiger partial charge in [0.1, 0.15) is 23.2 Å². The van der Waals surface area contributed by atoms with Gasteiger partial charge in [0.2, 0.25) is 11.8 Å². The van der Waals surface area contributed by atoms with Gasteiger partial charge in [0.25, 0.3) is 0 Å². The van der Waals surface area contributed by atoms with E-state index < -0.39 is 11.9 Å². The van der Waals surface area contributed by atoms with Crippen LogP contribution in [0, 0.1) is 62.2 Å². The number of carbonyl (C=O) groups excluding carboxylic acids is 6. The molecule has 2 aliphatic heterocycles. The number of allylic oxidation sites excluding steroid dienone is 2. The minimum atomic E-state index is -0.666. The molecule has 0 atom stereocenters. The molecule has 3 fully saturated rings. The number of ether oxygens (including phenoxy) is 1. The highest BCUT2D eigenvalue weighted by Crippen LogP contribution is 2.48. The van der Waals surface area contributed by atoms with Gasteiger partial charge in [-0.15, -0.1) is 11.8 Å². The topological polar surface area (TPSA) is 118 Å². The number of hydrogen-bond donors (Lipinski definition) is 0. The Labute approximate surface area is 312 Å². The van der Waals surface area contributed by atoms with Crippen molar-refractivity contribution in [3.63, 3.8) is 0 Å². The van der Waals surface area contributed by atoms with Crippen molar-refractivity contribution < 1.29 is 33.5 Å². The first-order chi connectivity index (χ1) is 24.9. The molecule has 0 radical (unpaired) electrons. The maximum absolute atomic E-state index is 13.2. The van der Waals surface area contributed by atoms with Gasteiger partial charge in [-0.1, -0.05) is 11.8 Å². The van der Waals surface area contributed by atoms with Crippen molar-refractivity contribution in [1.29, 1.82) is 0 Å². The second-order valence-electron chi connectivity index (χ2n) is 15.4. The lowest BCUT2D eigenvalue weighted by Gasteiger charge is -2.52. The summed E-state index contributed by atoms with van der Waals surface area (Å²) < 4.78 is 5.53. The number of Topliss-reactive ketones (excluding diaryl/α,β-unsaturated/α-hetero) is 3. The summed E-state index contributed by atoms with van der Waals surface area (Å²) >= 11 is 0. The van der Waals surface area contributed by atoms with Crippen LogP contribution in [0.15, 0.2) is 30.0 Å². The van der Waals surface area contributed by atoms with Gasteiger partial charge in [-0.05, 0) is 99.2 Å². The van der Waals surface area contributed by atoms with E-state index in [0.29, 0.717) is 63.2 Å². The van der Waals surface area contributed by atoms with Crippen molar-refractivity contribution in [2.75, 3.05) is 26.2 Å². The number of benzene rings is 2. The van der Waals surface area contributed by atoms with E-state index in [1.165, 1.54) is 20.8 Å². The summed E-state index contributed by atoms with van der Waals surface area (Å²) in [6.45, 7) is 17.8. The highest BCUT2D eigenvalue weighted by atomic mass is 16.5. The van der Waals surface area contributed by atoms with Crippen LogP contribution in [0.5, 0.6) is 0 Å². The lowest BCUT2D eigenvalue weighted by Crippen LogP contribution is -2.61. The maximum atomic E-state index is 13.2. The van der Waals surface area contributed by atoms with Gasteiger partial charge < -0.3 is 14.5 Å². The summed E-state index contributed by atoms with van der Waals surface area (Å²) in [5.41, 5.74) is 7.05. The third kappa shape index (κ3) is 7.90. The zero-order chi connectivity index (χ0) is 39.0. The van der Waals surface area contributed by atoms with Crippen LogP contribution in [0.4, 0.5) is 0 Å². The standard InChI is InChI=1S/C23H25NO4.C21H23NO3/c1-6-7-18-8-14(2)21(15(3)9-18)22-19(27)10-23(11-20(22)28-17(5)26)12-24(13-23)16(4)25;1-5-6-16-7-13(2)19(14(3)8-16)20-17(24)9-21(10-18(20)25)11-22(12-21)15(4)23/h8-9H,10-13H2,1-5H3;7-8,20H,9-12H2,1-4H3. The Morgan fingerprint density at radius 3 is 1.47 bits per heavy atom. The van der Waals surface area contributed by atoms with Crippen molar-refractivity contribution in [3.8, 4) is 23.7 Å². The van der Waals surface area contributed by atoms with Crippen molar-refractivity contribution >= 4 is 40.7 Å². The second kappa shape index (κ2) is 15.0. The number of carbonyl (C=O) groups is 6. The third-order valence-corrected chi connectivity index (χ3v) is 10.8. The van der Waals surface area contributed by atoms with Gasteiger partial charge in [0.05, 0.1) is 5.57 Å². The van der Waals surface area contributed by atoms with Crippen LogP contribution in [-0.2, 0) is 33.5 Å². The number of aryl methyl sites for hydroxylation is 4. The highest BCUT2D eigenvalue weighted by Gasteiger charge is 2.53. The Morgan fingerprint density at radius 1 is 0.660 bits per heavy atom. The Morgan fingerprint density at radius 2 is 1.08 bits per heavy atom. The van der Waals surface area contributed by atoms with Gasteiger partial charge in [0, 0.05) is 94.6 Å². The Balaban J connectivity index is 0.000000206. The van der Waals surface area contributed by atoms with Gasteiger partial charge in [-0.25, -0.2) is 0 Å². The molecular formula is C44H48N2O7. The predicted octanol–water partition coefficient (Wildman–Crippen LogP) is 5.70. The molecule has 2 spiro atoms. The Kier molecular flexibility index (Phi) is 11.0. The van der Waals surface area contributed by atoms with E-state index in [2.05, 4.69) is 23.7 Å². The summed E-state index contributed by atoms with van der Waals surface area (Å²) in [7, 11) is 0. The van der Waals surface area contributed by atoms with Gasteiger partial charge >= 0.3 is 5.97 Å². The first-order valence-electron chi connectivity index (χ1n) is 18.0. The SMILES string of the molecule is CC#Cc1cc(C)c(C2=C(OC(C)=O)CC3(CC2=O)CN(C(C)=O)C3)c(C)c1.CC#Cc1cc(C)c(C2C(=O)CC3(CC2=O)CN(C(C)=O)C3)c(C)c1. The first kappa shape index (κ1) is 38.9. The molecule has 2 saturated heterocycles. The molecule has 2 aliphatic carbocycles. The maximum Gasteiger partial charge on any atom is 0.307 e. The van der Waals surface area contributed by atoms with Crippen molar-refractivity contribution in [3.05, 3.63) is 74.5 Å². The molecule has 9 nitrogen and oxygen atoms in total. The van der Waals surface area contributed by atoms with Crippen LogP contribution in [0.25, 0.3) is 5.57 Å². The molecule has 4 aliphatic rings. The minimum absolute atomic E-state index is 0.00111. The molecule has 6 rings (SSSR count). The second-order valence-corrected chi connectivity index (χ2v) is 15.4. The molecule has 2 aromatic carbocycles. The number of ketones is 3. The van der Waals surface area contributed by atoms with Crippen molar-refractivity contribution in [2.45, 2.75) is 93.9 Å². The summed E-state index contributed by atoms with van der Waals surface area (Å²) in [4.78, 5) is 77.1. The quantitative estimate of drug-likeness (QED) is 0.227. The molecule has 2 aromatic rings. The monoisotopic (exact) mass is 716 g/mol. The molecule has 276 valence electrons. The number of esters is 1. The number of rotatable bonds is 3. The lowest BCUT2D eigenvalue weighted by molar-refractivity contribution is -0.153. The molecule has 0 unspecified atom stereocenters. The number of amides is 2. The number of likely N-dealkylation sites (tertiary alicyclic amines) is 2. The van der Waals surface area contributed by atoms with E-state index in [0.717, 1.165) is 44.5 Å². The summed E-state index contributed by atoms with van der Waals surface area (Å²) in [5.74, 6) is 11.1. The average Bonchev–Trinajstić information content (AvgIpc) is 3.00. The predicted molar refractivity (Wildman–Crippen MR) is 201 cm³/mol. The van der Waals surface area contributed by atoms with Gasteiger partial charge in [-0.3, -0.25) is 28.8 Å². The van der Waals surface area contributed by atoms with Crippen molar-refractivity contribution in [2.24, 2.45) is 10.8 Å². The minimum Gasteiger partial charge on any atom is -0.430 e. The fourth-order valence-corrected chi connectivity index (χ4v) is 8.76. The summed E-state index contributed by atoms with van der Waals surface area (Å²) in [6, 6.07) is 7.81. The van der Waals surface area contributed by atoms with Crippen LogP contribution in [-0.4, -0.2) is 71.1 Å². The van der Waals surface area contributed by atoms with Crippen LogP contribution in [0.1, 0.15) is 111 Å². The van der Waals surface area contributed by atoms with E-state index >= 15 is 0 Å².